The van der Waals surface area contributed by atoms with Gasteiger partial charge in [0.15, 0.2) is 5.82 Å². The molecule has 0 atom stereocenters. The molecule has 2 aromatic rings. The van der Waals surface area contributed by atoms with Crippen molar-refractivity contribution in [3.63, 3.8) is 0 Å². The molecule has 2 aromatic heterocycles. The average molecular weight is 311 g/mol. The van der Waals surface area contributed by atoms with Gasteiger partial charge in [0.1, 0.15) is 0 Å². The molecule has 0 bridgehead atoms. The van der Waals surface area contributed by atoms with Crippen molar-refractivity contribution in [2.75, 3.05) is 13.1 Å². The first-order valence-corrected chi connectivity index (χ1v) is 8.11. The van der Waals surface area contributed by atoms with Gasteiger partial charge in [0.25, 0.3) is 0 Å². The molecular formula is C12H21N7OS. The van der Waals surface area contributed by atoms with Gasteiger partial charge < -0.3 is 9.84 Å². The Kier molecular flexibility index (Phi) is 6.12. The normalized spacial score (nSPS) is 11.4. The van der Waals surface area contributed by atoms with E-state index in [2.05, 4.69) is 37.9 Å². The Morgan fingerprint density at radius 1 is 1.33 bits per heavy atom. The van der Waals surface area contributed by atoms with E-state index in [0.717, 1.165) is 37.0 Å². The van der Waals surface area contributed by atoms with Gasteiger partial charge >= 0.3 is 0 Å². The number of rotatable bonds is 9. The molecule has 116 valence electrons. The Morgan fingerprint density at radius 2 is 2.19 bits per heavy atom. The van der Waals surface area contributed by atoms with Gasteiger partial charge in [-0.2, -0.15) is 4.98 Å². The summed E-state index contributed by atoms with van der Waals surface area (Å²) in [7, 11) is 0. The third-order valence-corrected chi connectivity index (χ3v) is 3.69. The van der Waals surface area contributed by atoms with Crippen LogP contribution in [0.25, 0.3) is 0 Å². The van der Waals surface area contributed by atoms with Crippen molar-refractivity contribution < 1.29 is 4.52 Å². The standard InChI is InChI=1S/C12H21N7OS/c1-4-5-13-6-7-19-12(15-17-18-19)21-8-10-14-11(9(2)3)16-20-10/h9,13H,4-8H2,1-3H3. The van der Waals surface area contributed by atoms with Crippen LogP contribution in [0.1, 0.15) is 44.8 Å². The predicted octanol–water partition coefficient (Wildman–Crippen LogP) is 1.47. The molecular weight excluding hydrogens is 290 g/mol. The van der Waals surface area contributed by atoms with E-state index in [1.807, 2.05) is 13.8 Å². The maximum absolute atomic E-state index is 5.21. The van der Waals surface area contributed by atoms with E-state index < -0.39 is 0 Å². The third kappa shape index (κ3) is 4.78. The summed E-state index contributed by atoms with van der Waals surface area (Å²) in [5.41, 5.74) is 0. The maximum atomic E-state index is 5.21. The van der Waals surface area contributed by atoms with Crippen LogP contribution in [0.5, 0.6) is 0 Å². The second-order valence-corrected chi connectivity index (χ2v) is 5.87. The summed E-state index contributed by atoms with van der Waals surface area (Å²) in [4.78, 5) is 4.34. The zero-order valence-corrected chi connectivity index (χ0v) is 13.4. The van der Waals surface area contributed by atoms with Crippen LogP contribution in [0.4, 0.5) is 0 Å². The lowest BCUT2D eigenvalue weighted by Gasteiger charge is -2.04. The molecule has 2 heterocycles. The fourth-order valence-electron chi connectivity index (χ4n) is 1.61. The van der Waals surface area contributed by atoms with Crippen molar-refractivity contribution in [3.8, 4) is 0 Å². The third-order valence-electron chi connectivity index (χ3n) is 2.75. The molecule has 0 amide bonds. The smallest absolute Gasteiger partial charge is 0.237 e. The van der Waals surface area contributed by atoms with Crippen LogP contribution in [-0.4, -0.2) is 43.4 Å². The van der Waals surface area contributed by atoms with Crippen molar-refractivity contribution in [2.45, 2.75) is 50.6 Å². The topological polar surface area (TPSA) is 94.6 Å². The molecule has 0 aliphatic heterocycles. The Labute approximate surface area is 128 Å². The van der Waals surface area contributed by atoms with E-state index in [4.69, 9.17) is 4.52 Å². The molecule has 0 radical (unpaired) electrons. The zero-order chi connectivity index (χ0) is 15.1. The molecule has 0 saturated heterocycles. The van der Waals surface area contributed by atoms with Crippen molar-refractivity contribution in [1.29, 1.82) is 0 Å². The number of nitrogens with zero attached hydrogens (tertiary/aromatic N) is 6. The van der Waals surface area contributed by atoms with Crippen molar-refractivity contribution in [2.24, 2.45) is 0 Å². The molecule has 0 aliphatic carbocycles. The summed E-state index contributed by atoms with van der Waals surface area (Å²) >= 11 is 1.50. The highest BCUT2D eigenvalue weighted by molar-refractivity contribution is 7.98. The van der Waals surface area contributed by atoms with Gasteiger partial charge in [-0.1, -0.05) is 37.7 Å². The van der Waals surface area contributed by atoms with Crippen LogP contribution in [0.15, 0.2) is 9.68 Å². The zero-order valence-electron chi connectivity index (χ0n) is 12.6. The Bertz CT molecular complexity index is 539. The minimum atomic E-state index is 0.266. The molecule has 0 aromatic carbocycles. The molecule has 0 unspecified atom stereocenters. The lowest BCUT2D eigenvalue weighted by atomic mass is 10.2. The highest BCUT2D eigenvalue weighted by Crippen LogP contribution is 2.20. The highest BCUT2D eigenvalue weighted by atomic mass is 32.2. The number of tetrazole rings is 1. The van der Waals surface area contributed by atoms with E-state index in [1.165, 1.54) is 11.8 Å². The van der Waals surface area contributed by atoms with Gasteiger partial charge in [-0.25, -0.2) is 4.68 Å². The lowest BCUT2D eigenvalue weighted by molar-refractivity contribution is 0.382. The van der Waals surface area contributed by atoms with E-state index in [0.29, 0.717) is 11.6 Å². The Balaban J connectivity index is 1.83. The predicted molar refractivity (Wildman–Crippen MR) is 78.9 cm³/mol. The number of thioether (sulfide) groups is 1. The molecule has 8 nitrogen and oxygen atoms in total. The van der Waals surface area contributed by atoms with Crippen molar-refractivity contribution >= 4 is 11.8 Å². The van der Waals surface area contributed by atoms with Gasteiger partial charge in [0, 0.05) is 12.5 Å². The number of nitrogens with one attached hydrogen (secondary N) is 1. The Hall–Kier alpha value is -1.48. The minimum absolute atomic E-state index is 0.266. The monoisotopic (exact) mass is 311 g/mol. The van der Waals surface area contributed by atoms with Gasteiger partial charge in [-0.15, -0.1) is 5.10 Å². The SMILES string of the molecule is CCCNCCn1nnnc1SCc1nc(C(C)C)no1. The second kappa shape index (κ2) is 8.08. The molecule has 1 N–H and O–H groups in total. The number of hydrogen-bond donors (Lipinski definition) is 1. The number of aromatic nitrogens is 6. The first-order chi connectivity index (χ1) is 10.2. The molecule has 2 rings (SSSR count). The number of hydrogen-bond acceptors (Lipinski definition) is 8. The molecule has 0 spiro atoms. The minimum Gasteiger partial charge on any atom is -0.338 e. The first kappa shape index (κ1) is 15.9. The van der Waals surface area contributed by atoms with Gasteiger partial charge in [-0.05, 0) is 23.4 Å². The summed E-state index contributed by atoms with van der Waals surface area (Å²) in [5.74, 6) is 2.17. The van der Waals surface area contributed by atoms with Gasteiger partial charge in [-0.3, -0.25) is 0 Å². The quantitative estimate of drug-likeness (QED) is 0.549. The van der Waals surface area contributed by atoms with Crippen LogP contribution in [0.2, 0.25) is 0 Å². The summed E-state index contributed by atoms with van der Waals surface area (Å²) < 4.78 is 6.99. The second-order valence-electron chi connectivity index (χ2n) is 4.92. The van der Waals surface area contributed by atoms with Crippen LogP contribution < -0.4 is 5.32 Å². The van der Waals surface area contributed by atoms with Crippen LogP contribution in [0.3, 0.4) is 0 Å². The molecule has 0 saturated carbocycles. The summed E-state index contributed by atoms with van der Waals surface area (Å²) in [6.07, 6.45) is 1.12. The molecule has 0 fully saturated rings. The van der Waals surface area contributed by atoms with E-state index in [-0.39, 0.29) is 5.92 Å². The van der Waals surface area contributed by atoms with Crippen molar-refractivity contribution in [1.82, 2.24) is 35.7 Å². The van der Waals surface area contributed by atoms with Gasteiger partial charge in [0.05, 0.1) is 12.3 Å². The van der Waals surface area contributed by atoms with Crippen LogP contribution in [-0.2, 0) is 12.3 Å². The summed E-state index contributed by atoms with van der Waals surface area (Å²) in [6.45, 7) is 8.81. The van der Waals surface area contributed by atoms with E-state index in [9.17, 15) is 0 Å². The first-order valence-electron chi connectivity index (χ1n) is 7.12. The summed E-state index contributed by atoms with van der Waals surface area (Å²) in [5, 5.41) is 19.7. The molecule has 9 heteroatoms. The molecule has 0 aliphatic rings. The summed E-state index contributed by atoms with van der Waals surface area (Å²) in [6, 6.07) is 0. The average Bonchev–Trinajstić information content (AvgIpc) is 3.10. The highest BCUT2D eigenvalue weighted by Gasteiger charge is 2.12. The van der Waals surface area contributed by atoms with E-state index in [1.54, 1.807) is 4.68 Å². The fraction of sp³-hybridized carbons (Fsp3) is 0.750. The Morgan fingerprint density at radius 3 is 2.90 bits per heavy atom. The van der Waals surface area contributed by atoms with E-state index >= 15 is 0 Å². The van der Waals surface area contributed by atoms with Crippen molar-refractivity contribution in [3.05, 3.63) is 11.7 Å². The van der Waals surface area contributed by atoms with Crippen LogP contribution >= 0.6 is 11.8 Å². The largest absolute Gasteiger partial charge is 0.338 e. The molecule has 21 heavy (non-hydrogen) atoms. The lowest BCUT2D eigenvalue weighted by Crippen LogP contribution is -2.21. The fourth-order valence-corrected chi connectivity index (χ4v) is 2.36. The van der Waals surface area contributed by atoms with Gasteiger partial charge in [0.2, 0.25) is 11.0 Å². The maximum Gasteiger partial charge on any atom is 0.237 e. The van der Waals surface area contributed by atoms with Crippen LogP contribution in [0, 0.1) is 0 Å².